The average molecular weight is 490 g/mol. The van der Waals surface area contributed by atoms with Gasteiger partial charge in [0, 0.05) is 6.04 Å². The zero-order valence-electron chi connectivity index (χ0n) is 20.7. The Hall–Kier alpha value is -1.95. The van der Waals surface area contributed by atoms with Gasteiger partial charge in [0.1, 0.15) is 0 Å². The molecular formula is C30H35NO3S. The predicted molar refractivity (Wildman–Crippen MR) is 140 cm³/mol. The third kappa shape index (κ3) is 3.20. The van der Waals surface area contributed by atoms with Crippen LogP contribution < -0.4 is 4.72 Å². The highest BCUT2D eigenvalue weighted by Gasteiger charge is 2.66. The molecule has 7 rings (SSSR count). The van der Waals surface area contributed by atoms with Gasteiger partial charge in [-0.1, -0.05) is 61.5 Å². The highest BCUT2D eigenvalue weighted by Crippen LogP contribution is 2.69. The van der Waals surface area contributed by atoms with E-state index < -0.39 is 10.0 Å². The van der Waals surface area contributed by atoms with Crippen molar-refractivity contribution in [3.8, 4) is 0 Å². The predicted octanol–water partition coefficient (Wildman–Crippen LogP) is 6.00. The highest BCUT2D eigenvalue weighted by atomic mass is 32.2. The fraction of sp³-hybridized carbons (Fsp3) is 0.533. The monoisotopic (exact) mass is 489 g/mol. The lowest BCUT2D eigenvalue weighted by atomic mass is 9.58. The number of benzene rings is 2. The van der Waals surface area contributed by atoms with Crippen molar-refractivity contribution in [3.63, 3.8) is 0 Å². The maximum atomic E-state index is 12.0. The number of rotatable bonds is 3. The highest BCUT2D eigenvalue weighted by molar-refractivity contribution is 7.88. The Bertz CT molecular complexity index is 1390. The van der Waals surface area contributed by atoms with Crippen LogP contribution in [0.5, 0.6) is 0 Å². The van der Waals surface area contributed by atoms with E-state index >= 15 is 0 Å². The van der Waals surface area contributed by atoms with Crippen LogP contribution in [-0.4, -0.2) is 31.9 Å². The summed E-state index contributed by atoms with van der Waals surface area (Å²) < 4.78 is 34.1. The molecule has 2 bridgehead atoms. The zero-order chi connectivity index (χ0) is 24.1. The number of allylic oxidation sites excluding steroid dienone is 1. The van der Waals surface area contributed by atoms with E-state index in [0.29, 0.717) is 11.8 Å². The molecule has 2 saturated carbocycles. The largest absolute Gasteiger partial charge is 0.359 e. The van der Waals surface area contributed by atoms with Crippen LogP contribution in [0.2, 0.25) is 0 Å². The third-order valence-electron chi connectivity index (χ3n) is 10.2. The number of hydrogen-bond acceptors (Lipinski definition) is 3. The van der Waals surface area contributed by atoms with Crippen molar-refractivity contribution in [1.29, 1.82) is 0 Å². The minimum atomic E-state index is -3.22. The van der Waals surface area contributed by atoms with Crippen LogP contribution in [0, 0.1) is 11.3 Å². The van der Waals surface area contributed by atoms with E-state index in [-0.39, 0.29) is 22.7 Å². The average Bonchev–Trinajstić information content (AvgIpc) is 3.33. The van der Waals surface area contributed by atoms with Gasteiger partial charge in [-0.25, -0.2) is 13.1 Å². The fourth-order valence-corrected chi connectivity index (χ4v) is 9.59. The molecule has 0 radical (unpaired) electrons. The molecular weight excluding hydrogens is 454 g/mol. The molecule has 2 spiro atoms. The zero-order valence-corrected chi connectivity index (χ0v) is 21.5. The van der Waals surface area contributed by atoms with Crippen molar-refractivity contribution < 1.29 is 13.2 Å². The van der Waals surface area contributed by atoms with Gasteiger partial charge < -0.3 is 4.74 Å². The van der Waals surface area contributed by atoms with Crippen molar-refractivity contribution >= 4 is 20.8 Å². The topological polar surface area (TPSA) is 55.4 Å². The standard InChI is InChI=1S/C30H35NO3S/c1-28-14-13-24-18-23-9-10-25(31-35(2,32)33)19-29(23)15-16-30(24,34-29)27(28)12-11-26(28)22-8-7-20-5-3-4-6-21(20)17-22/h3-8,13,17-18,25-27,31H,9-12,14-16,19H2,1-2H3/t25-,26-,27-,28-,29-,30-/m1/s1. The molecule has 0 aromatic heterocycles. The van der Waals surface area contributed by atoms with E-state index in [1.165, 1.54) is 46.6 Å². The first-order valence-corrected chi connectivity index (χ1v) is 15.2. The van der Waals surface area contributed by atoms with Gasteiger partial charge in [0.15, 0.2) is 0 Å². The molecule has 2 aliphatic heterocycles. The molecule has 5 aliphatic rings. The van der Waals surface area contributed by atoms with Gasteiger partial charge >= 0.3 is 0 Å². The maximum Gasteiger partial charge on any atom is 0.208 e. The van der Waals surface area contributed by atoms with Crippen LogP contribution in [0.4, 0.5) is 0 Å². The molecule has 2 heterocycles. The molecule has 5 heteroatoms. The molecule has 3 aliphatic carbocycles. The first-order valence-electron chi connectivity index (χ1n) is 13.3. The number of nitrogens with one attached hydrogen (secondary N) is 1. The van der Waals surface area contributed by atoms with Crippen LogP contribution in [0.25, 0.3) is 10.8 Å². The Kier molecular flexibility index (Phi) is 4.64. The lowest BCUT2D eigenvalue weighted by Gasteiger charge is -2.54. The molecule has 184 valence electrons. The summed E-state index contributed by atoms with van der Waals surface area (Å²) >= 11 is 0. The Morgan fingerprint density at radius 1 is 1.03 bits per heavy atom. The molecule has 3 fully saturated rings. The van der Waals surface area contributed by atoms with E-state index in [1.54, 1.807) is 0 Å². The van der Waals surface area contributed by atoms with Crippen molar-refractivity contribution in [1.82, 2.24) is 4.72 Å². The Morgan fingerprint density at radius 3 is 2.69 bits per heavy atom. The first-order chi connectivity index (χ1) is 16.7. The molecule has 4 nitrogen and oxygen atoms in total. The normalized spacial score (nSPS) is 40.0. The summed E-state index contributed by atoms with van der Waals surface area (Å²) in [5, 5.41) is 2.64. The summed E-state index contributed by atoms with van der Waals surface area (Å²) in [7, 11) is -3.22. The minimum Gasteiger partial charge on any atom is -0.359 e. The Morgan fingerprint density at radius 2 is 1.86 bits per heavy atom. The van der Waals surface area contributed by atoms with Gasteiger partial charge in [-0.3, -0.25) is 0 Å². The van der Waals surface area contributed by atoms with Crippen LogP contribution in [-0.2, 0) is 14.8 Å². The minimum absolute atomic E-state index is 0.0354. The van der Waals surface area contributed by atoms with E-state index in [1.807, 2.05) is 0 Å². The molecule has 1 saturated heterocycles. The van der Waals surface area contributed by atoms with Gasteiger partial charge in [-0.05, 0) is 96.1 Å². The smallest absolute Gasteiger partial charge is 0.208 e. The summed E-state index contributed by atoms with van der Waals surface area (Å²) in [6, 6.07) is 15.7. The van der Waals surface area contributed by atoms with Crippen molar-refractivity contribution in [3.05, 3.63) is 71.3 Å². The molecule has 6 atom stereocenters. The second kappa shape index (κ2) is 7.30. The Labute approximate surface area is 208 Å². The third-order valence-corrected chi connectivity index (χ3v) is 11.0. The van der Waals surface area contributed by atoms with Gasteiger partial charge in [0.25, 0.3) is 0 Å². The van der Waals surface area contributed by atoms with Crippen molar-refractivity contribution in [2.75, 3.05) is 6.26 Å². The molecule has 2 aromatic carbocycles. The number of sulfonamides is 1. The quantitative estimate of drug-likeness (QED) is 0.575. The fourth-order valence-electron chi connectivity index (χ4n) is 8.78. The molecule has 2 aromatic rings. The number of fused-ring (bicyclic) bond motifs is 2. The lowest BCUT2D eigenvalue weighted by molar-refractivity contribution is -0.135. The molecule has 35 heavy (non-hydrogen) atoms. The number of hydrogen-bond donors (Lipinski definition) is 1. The SMILES string of the molecule is C[C@]12CC=C3C=C4CC[C@@H](NS(C)(=O)=O)C[C@]45CC[C@]3(O5)[C@@H]1CC[C@@H]2c1ccc2ccccc2c1. The molecule has 0 unspecified atom stereocenters. The molecule has 1 N–H and O–H groups in total. The second-order valence-corrected chi connectivity index (χ2v) is 13.9. The van der Waals surface area contributed by atoms with Crippen molar-refractivity contribution in [2.45, 2.75) is 81.5 Å². The van der Waals surface area contributed by atoms with E-state index in [4.69, 9.17) is 4.74 Å². The van der Waals surface area contributed by atoms with Gasteiger partial charge in [0.05, 0.1) is 17.5 Å². The van der Waals surface area contributed by atoms with Crippen LogP contribution in [0.1, 0.15) is 69.8 Å². The summed E-state index contributed by atoms with van der Waals surface area (Å²) in [6.45, 7) is 2.51. The van der Waals surface area contributed by atoms with Crippen LogP contribution in [0.15, 0.2) is 65.8 Å². The van der Waals surface area contributed by atoms with Crippen LogP contribution in [0.3, 0.4) is 0 Å². The van der Waals surface area contributed by atoms with E-state index in [0.717, 1.165) is 38.5 Å². The summed E-state index contributed by atoms with van der Waals surface area (Å²) in [4.78, 5) is 0. The first kappa shape index (κ1) is 22.3. The van der Waals surface area contributed by atoms with Gasteiger partial charge in [-0.15, -0.1) is 0 Å². The Balaban J connectivity index is 1.24. The second-order valence-electron chi connectivity index (χ2n) is 12.1. The van der Waals surface area contributed by atoms with Crippen molar-refractivity contribution in [2.24, 2.45) is 11.3 Å². The summed E-state index contributed by atoms with van der Waals surface area (Å²) in [6.07, 6.45) is 14.3. The summed E-state index contributed by atoms with van der Waals surface area (Å²) in [5.74, 6) is 1.02. The maximum absolute atomic E-state index is 12.0. The summed E-state index contributed by atoms with van der Waals surface area (Å²) in [5.41, 5.74) is 3.94. The molecule has 0 amide bonds. The van der Waals surface area contributed by atoms with Gasteiger partial charge in [-0.2, -0.15) is 0 Å². The van der Waals surface area contributed by atoms with E-state index in [9.17, 15) is 8.42 Å². The number of ether oxygens (including phenoxy) is 1. The van der Waals surface area contributed by atoms with Crippen LogP contribution >= 0.6 is 0 Å². The van der Waals surface area contributed by atoms with E-state index in [2.05, 4.69) is 66.3 Å². The lowest BCUT2D eigenvalue weighted by Crippen LogP contribution is -2.55. The van der Waals surface area contributed by atoms with Gasteiger partial charge in [0.2, 0.25) is 10.0 Å².